The first-order chi connectivity index (χ1) is 12.2. The molecule has 3 rings (SSSR count). The molecule has 2 aromatic carbocycles. The molecule has 1 aliphatic carbocycles. The van der Waals surface area contributed by atoms with E-state index >= 15 is 0 Å². The molecule has 1 atom stereocenters. The number of hydrogen-bond donors (Lipinski definition) is 1. The van der Waals surface area contributed by atoms with E-state index in [1.165, 1.54) is 37.7 Å². The Balaban J connectivity index is 1.66. The van der Waals surface area contributed by atoms with Gasteiger partial charge in [-0.2, -0.15) is 0 Å². The van der Waals surface area contributed by atoms with Crippen LogP contribution in [0.5, 0.6) is 0 Å². The van der Waals surface area contributed by atoms with Crippen molar-refractivity contribution in [2.75, 3.05) is 0 Å². The Kier molecular flexibility index (Phi) is 6.27. The monoisotopic (exact) mass is 335 g/mol. The summed E-state index contributed by atoms with van der Waals surface area (Å²) in [5.41, 5.74) is 3.51. The van der Waals surface area contributed by atoms with Crippen molar-refractivity contribution in [1.82, 2.24) is 5.32 Å². The normalized spacial score (nSPS) is 16.4. The van der Waals surface area contributed by atoms with Crippen LogP contribution in [0.4, 0.5) is 0 Å². The van der Waals surface area contributed by atoms with Crippen LogP contribution in [0.2, 0.25) is 0 Å². The Morgan fingerprint density at radius 1 is 0.960 bits per heavy atom. The van der Waals surface area contributed by atoms with Gasteiger partial charge in [0.1, 0.15) is 0 Å². The summed E-state index contributed by atoms with van der Waals surface area (Å²) < 4.78 is 0. The van der Waals surface area contributed by atoms with Crippen LogP contribution in [-0.4, -0.2) is 5.91 Å². The summed E-state index contributed by atoms with van der Waals surface area (Å²) in [5.74, 6) is 0.911. The van der Waals surface area contributed by atoms with Gasteiger partial charge in [-0.3, -0.25) is 4.79 Å². The van der Waals surface area contributed by atoms with Crippen LogP contribution in [0.25, 0.3) is 0 Å². The van der Waals surface area contributed by atoms with E-state index in [9.17, 15) is 4.79 Å². The van der Waals surface area contributed by atoms with E-state index in [-0.39, 0.29) is 11.9 Å². The molecule has 2 nitrogen and oxygen atoms in total. The summed E-state index contributed by atoms with van der Waals surface area (Å²) in [7, 11) is 0. The summed E-state index contributed by atoms with van der Waals surface area (Å²) >= 11 is 0. The fraction of sp³-hybridized carbons (Fsp3) is 0.435. The van der Waals surface area contributed by atoms with Crippen molar-refractivity contribution in [1.29, 1.82) is 0 Å². The molecule has 0 heterocycles. The molecule has 0 aliphatic heterocycles. The van der Waals surface area contributed by atoms with Crippen molar-refractivity contribution < 1.29 is 4.79 Å². The molecule has 1 aliphatic rings. The minimum Gasteiger partial charge on any atom is -0.345 e. The van der Waals surface area contributed by atoms with Gasteiger partial charge in [0.2, 0.25) is 5.91 Å². The highest BCUT2D eigenvalue weighted by atomic mass is 16.1. The molecule has 1 fully saturated rings. The quantitative estimate of drug-likeness (QED) is 0.735. The third-order valence-corrected chi connectivity index (χ3v) is 5.35. The zero-order valence-corrected chi connectivity index (χ0v) is 15.2. The summed E-state index contributed by atoms with van der Waals surface area (Å²) in [6, 6.07) is 18.6. The molecular formula is C23H29NO. The highest BCUT2D eigenvalue weighted by Crippen LogP contribution is 2.28. The van der Waals surface area contributed by atoms with Crippen LogP contribution in [0.1, 0.15) is 67.7 Å². The van der Waals surface area contributed by atoms with Crippen LogP contribution in [0, 0.1) is 12.8 Å². The van der Waals surface area contributed by atoms with Crippen molar-refractivity contribution in [3.63, 3.8) is 0 Å². The fourth-order valence-corrected chi connectivity index (χ4v) is 3.81. The first kappa shape index (κ1) is 17.7. The number of benzene rings is 2. The predicted octanol–water partition coefficient (Wildman–Crippen LogP) is 5.56. The van der Waals surface area contributed by atoms with Gasteiger partial charge in [0.25, 0.3) is 0 Å². The number of rotatable bonds is 6. The predicted molar refractivity (Wildman–Crippen MR) is 103 cm³/mol. The zero-order chi connectivity index (χ0) is 17.5. The molecule has 0 radical (unpaired) electrons. The molecular weight excluding hydrogens is 306 g/mol. The Labute approximate surface area is 151 Å². The molecule has 2 heteroatoms. The maximum absolute atomic E-state index is 12.6. The van der Waals surface area contributed by atoms with E-state index < -0.39 is 0 Å². The number of carbonyl (C=O) groups excluding carboxylic acids is 1. The average molecular weight is 335 g/mol. The first-order valence-corrected chi connectivity index (χ1v) is 9.63. The summed E-state index contributed by atoms with van der Waals surface area (Å²) in [5, 5.41) is 3.27. The molecule has 1 N–H and O–H groups in total. The van der Waals surface area contributed by atoms with Crippen molar-refractivity contribution in [2.24, 2.45) is 5.92 Å². The minimum absolute atomic E-state index is 0.0688. The standard InChI is InChI=1S/C23H29NO/c1-18-12-15-21(16-13-18)23(20-10-6-3-7-11-20)24-22(25)17-14-19-8-4-2-5-9-19/h3,6-7,10-13,15-16,19,23H,2,4-5,8-9,14,17H2,1H3,(H,24,25). The topological polar surface area (TPSA) is 29.1 Å². The lowest BCUT2D eigenvalue weighted by Crippen LogP contribution is -2.29. The van der Waals surface area contributed by atoms with Crippen LogP contribution in [-0.2, 0) is 4.79 Å². The van der Waals surface area contributed by atoms with E-state index in [1.807, 2.05) is 18.2 Å². The average Bonchev–Trinajstić information content (AvgIpc) is 2.67. The van der Waals surface area contributed by atoms with Gasteiger partial charge in [-0.15, -0.1) is 0 Å². The van der Waals surface area contributed by atoms with Crippen molar-refractivity contribution in [3.05, 3.63) is 71.3 Å². The van der Waals surface area contributed by atoms with Crippen molar-refractivity contribution >= 4 is 5.91 Å². The van der Waals surface area contributed by atoms with Crippen molar-refractivity contribution in [3.8, 4) is 0 Å². The van der Waals surface area contributed by atoms with Gasteiger partial charge in [-0.1, -0.05) is 92.3 Å². The molecule has 0 spiro atoms. The molecule has 2 aromatic rings. The number of carbonyl (C=O) groups is 1. The third-order valence-electron chi connectivity index (χ3n) is 5.35. The Morgan fingerprint density at radius 3 is 2.28 bits per heavy atom. The van der Waals surface area contributed by atoms with E-state index in [1.54, 1.807) is 0 Å². The Bertz CT molecular complexity index is 656. The molecule has 1 unspecified atom stereocenters. The molecule has 0 saturated heterocycles. The Morgan fingerprint density at radius 2 is 1.60 bits per heavy atom. The summed E-state index contributed by atoms with van der Waals surface area (Å²) in [4.78, 5) is 12.6. The second kappa shape index (κ2) is 8.84. The summed E-state index contributed by atoms with van der Waals surface area (Å²) in [6.45, 7) is 2.09. The van der Waals surface area contributed by atoms with E-state index in [2.05, 4.69) is 48.6 Å². The number of nitrogens with one attached hydrogen (secondary N) is 1. The number of aryl methyl sites for hydroxylation is 1. The first-order valence-electron chi connectivity index (χ1n) is 9.63. The third kappa shape index (κ3) is 5.19. The van der Waals surface area contributed by atoms with Crippen molar-refractivity contribution in [2.45, 2.75) is 57.9 Å². The highest BCUT2D eigenvalue weighted by Gasteiger charge is 2.19. The fourth-order valence-electron chi connectivity index (χ4n) is 3.81. The van der Waals surface area contributed by atoms with E-state index in [0.717, 1.165) is 23.5 Å². The largest absolute Gasteiger partial charge is 0.345 e. The lowest BCUT2D eigenvalue weighted by molar-refractivity contribution is -0.121. The molecule has 132 valence electrons. The summed E-state index contributed by atoms with van der Waals surface area (Å²) in [6.07, 6.45) is 8.30. The molecule has 0 bridgehead atoms. The molecule has 25 heavy (non-hydrogen) atoms. The molecule has 1 amide bonds. The lowest BCUT2D eigenvalue weighted by Gasteiger charge is -2.23. The Hall–Kier alpha value is -2.09. The van der Waals surface area contributed by atoms with Crippen LogP contribution in [0.3, 0.4) is 0 Å². The van der Waals surface area contributed by atoms with Gasteiger partial charge in [0, 0.05) is 6.42 Å². The maximum Gasteiger partial charge on any atom is 0.220 e. The van der Waals surface area contributed by atoms with Crippen LogP contribution >= 0.6 is 0 Å². The smallest absolute Gasteiger partial charge is 0.220 e. The van der Waals surface area contributed by atoms with Gasteiger partial charge < -0.3 is 5.32 Å². The number of hydrogen-bond acceptors (Lipinski definition) is 1. The van der Waals surface area contributed by atoms with Gasteiger partial charge in [0.05, 0.1) is 6.04 Å². The molecule has 1 saturated carbocycles. The second-order valence-corrected chi connectivity index (χ2v) is 7.36. The second-order valence-electron chi connectivity index (χ2n) is 7.36. The maximum atomic E-state index is 12.6. The lowest BCUT2D eigenvalue weighted by atomic mass is 9.86. The van der Waals surface area contributed by atoms with Crippen LogP contribution in [0.15, 0.2) is 54.6 Å². The highest BCUT2D eigenvalue weighted by molar-refractivity contribution is 5.77. The zero-order valence-electron chi connectivity index (χ0n) is 15.2. The van der Waals surface area contributed by atoms with Gasteiger partial charge in [-0.25, -0.2) is 0 Å². The van der Waals surface area contributed by atoms with Gasteiger partial charge in [0.15, 0.2) is 0 Å². The van der Waals surface area contributed by atoms with Gasteiger partial charge in [-0.05, 0) is 30.4 Å². The SMILES string of the molecule is Cc1ccc(C(NC(=O)CCC2CCCCC2)c2ccccc2)cc1. The van der Waals surface area contributed by atoms with E-state index in [0.29, 0.717) is 6.42 Å². The van der Waals surface area contributed by atoms with Gasteiger partial charge >= 0.3 is 0 Å². The molecule has 0 aromatic heterocycles. The van der Waals surface area contributed by atoms with Crippen LogP contribution < -0.4 is 5.32 Å². The number of amides is 1. The van der Waals surface area contributed by atoms with E-state index in [4.69, 9.17) is 0 Å². The minimum atomic E-state index is -0.0688.